The lowest BCUT2D eigenvalue weighted by Gasteiger charge is -2.13. The lowest BCUT2D eigenvalue weighted by molar-refractivity contribution is 0.289. The van der Waals surface area contributed by atoms with E-state index in [9.17, 15) is 0 Å². The normalized spacial score (nSPS) is 10.8. The molecule has 2 N–H and O–H groups in total. The molecule has 1 aromatic carbocycles. The largest absolute Gasteiger partial charge is 0.472 e. The van der Waals surface area contributed by atoms with Crippen molar-refractivity contribution < 1.29 is 4.74 Å². The summed E-state index contributed by atoms with van der Waals surface area (Å²) in [7, 11) is 0. The number of hydrogen-bond acceptors (Lipinski definition) is 4. The third-order valence-electron chi connectivity index (χ3n) is 2.94. The van der Waals surface area contributed by atoms with Gasteiger partial charge in [-0.15, -0.1) is 0 Å². The Kier molecular flexibility index (Phi) is 4.45. The summed E-state index contributed by atoms with van der Waals surface area (Å²) >= 11 is 5.95. The van der Waals surface area contributed by atoms with Crippen LogP contribution in [0.25, 0.3) is 0 Å². The van der Waals surface area contributed by atoms with Crippen molar-refractivity contribution in [2.45, 2.75) is 33.3 Å². The number of halogens is 1. The number of nitrogens with zero attached hydrogens (tertiary/aromatic N) is 2. The molecule has 0 aliphatic heterocycles. The van der Waals surface area contributed by atoms with Crippen molar-refractivity contribution >= 4 is 17.4 Å². The van der Waals surface area contributed by atoms with Gasteiger partial charge in [-0.05, 0) is 24.6 Å². The maximum absolute atomic E-state index is 5.95. The van der Waals surface area contributed by atoms with E-state index in [2.05, 4.69) is 9.97 Å². The van der Waals surface area contributed by atoms with Crippen LogP contribution in [0, 0.1) is 6.92 Å². The van der Waals surface area contributed by atoms with Gasteiger partial charge in [-0.1, -0.05) is 37.6 Å². The van der Waals surface area contributed by atoms with E-state index >= 15 is 0 Å². The smallest absolute Gasteiger partial charge is 0.222 e. The maximum atomic E-state index is 5.95. The van der Waals surface area contributed by atoms with E-state index in [-0.39, 0.29) is 5.92 Å². The van der Waals surface area contributed by atoms with Crippen LogP contribution in [0.2, 0.25) is 5.02 Å². The van der Waals surface area contributed by atoms with Crippen molar-refractivity contribution in [1.82, 2.24) is 9.97 Å². The number of nitrogen functional groups attached to an aromatic ring is 1. The van der Waals surface area contributed by atoms with E-state index < -0.39 is 0 Å². The Bertz CT molecular complexity index is 614. The molecule has 0 spiro atoms. The summed E-state index contributed by atoms with van der Waals surface area (Å²) in [5, 5.41) is 0.688. The van der Waals surface area contributed by atoms with Crippen molar-refractivity contribution in [3.63, 3.8) is 0 Å². The Labute approximate surface area is 124 Å². The second-order valence-electron chi connectivity index (χ2n) is 4.97. The van der Waals surface area contributed by atoms with Gasteiger partial charge in [0, 0.05) is 10.9 Å². The Morgan fingerprint density at radius 3 is 2.70 bits per heavy atom. The summed E-state index contributed by atoms with van der Waals surface area (Å²) in [4.78, 5) is 8.69. The number of nitrogens with two attached hydrogens (primary N) is 1. The molecule has 0 atom stereocenters. The van der Waals surface area contributed by atoms with Gasteiger partial charge in [0.05, 0.1) is 5.56 Å². The number of anilines is 1. The summed E-state index contributed by atoms with van der Waals surface area (Å²) in [5.74, 6) is 1.88. The van der Waals surface area contributed by atoms with Gasteiger partial charge in [0.15, 0.2) is 0 Å². The zero-order valence-corrected chi connectivity index (χ0v) is 12.6. The first-order valence-electron chi connectivity index (χ1n) is 6.48. The monoisotopic (exact) mass is 291 g/mol. The fraction of sp³-hybridized carbons (Fsp3) is 0.333. The summed E-state index contributed by atoms with van der Waals surface area (Å²) in [6.45, 7) is 6.29. The Morgan fingerprint density at radius 2 is 2.05 bits per heavy atom. The summed E-state index contributed by atoms with van der Waals surface area (Å²) < 4.78 is 5.76. The van der Waals surface area contributed by atoms with Crippen molar-refractivity contribution in [3.8, 4) is 5.88 Å². The molecule has 0 saturated heterocycles. The molecule has 0 saturated carbocycles. The third kappa shape index (κ3) is 3.39. The minimum absolute atomic E-state index is 0.200. The predicted octanol–water partition coefficient (Wildman–Crippen LogP) is 3.72. The molecule has 0 radical (unpaired) electrons. The highest BCUT2D eigenvalue weighted by Crippen LogP contribution is 2.23. The average molecular weight is 292 g/mol. The van der Waals surface area contributed by atoms with E-state index in [1.54, 1.807) is 0 Å². The van der Waals surface area contributed by atoms with Gasteiger partial charge in [0.2, 0.25) is 5.88 Å². The molecule has 0 amide bonds. The van der Waals surface area contributed by atoms with E-state index in [4.69, 9.17) is 22.1 Å². The van der Waals surface area contributed by atoms with Crippen LogP contribution in [0.4, 0.5) is 5.82 Å². The van der Waals surface area contributed by atoms with Crippen LogP contribution in [-0.4, -0.2) is 9.97 Å². The maximum Gasteiger partial charge on any atom is 0.222 e. The molecule has 0 aliphatic carbocycles. The molecule has 0 fully saturated rings. The molecule has 20 heavy (non-hydrogen) atoms. The molecule has 0 bridgehead atoms. The fourth-order valence-corrected chi connectivity index (χ4v) is 1.92. The molecule has 4 nitrogen and oxygen atoms in total. The lowest BCUT2D eigenvalue weighted by atomic mass is 10.2. The van der Waals surface area contributed by atoms with Crippen molar-refractivity contribution in [1.29, 1.82) is 0 Å². The van der Waals surface area contributed by atoms with E-state index in [0.29, 0.717) is 29.2 Å². The standard InChI is InChI=1S/C15H18ClN3O/c1-9(2)14-18-13(17)10(3)15(19-14)20-8-11-5-4-6-12(16)7-11/h4-7,9H,8H2,1-3H3,(H2,17,18,19). The molecular formula is C15H18ClN3O. The van der Waals surface area contributed by atoms with E-state index in [0.717, 1.165) is 11.1 Å². The van der Waals surface area contributed by atoms with Crippen LogP contribution in [0.15, 0.2) is 24.3 Å². The number of ether oxygens (including phenoxy) is 1. The molecule has 1 aromatic heterocycles. The van der Waals surface area contributed by atoms with Crippen LogP contribution in [0.1, 0.15) is 36.7 Å². The Balaban J connectivity index is 2.20. The number of rotatable bonds is 4. The van der Waals surface area contributed by atoms with Gasteiger partial charge >= 0.3 is 0 Å². The first-order chi connectivity index (χ1) is 9.47. The topological polar surface area (TPSA) is 61.0 Å². The summed E-state index contributed by atoms with van der Waals surface area (Å²) in [5.41, 5.74) is 7.65. The predicted molar refractivity (Wildman–Crippen MR) is 81.1 cm³/mol. The molecular weight excluding hydrogens is 274 g/mol. The molecule has 106 valence electrons. The van der Waals surface area contributed by atoms with Gasteiger partial charge < -0.3 is 10.5 Å². The van der Waals surface area contributed by atoms with Crippen LogP contribution in [0.5, 0.6) is 5.88 Å². The zero-order valence-electron chi connectivity index (χ0n) is 11.9. The number of hydrogen-bond donors (Lipinski definition) is 1. The quantitative estimate of drug-likeness (QED) is 0.932. The SMILES string of the molecule is Cc1c(N)nc(C(C)C)nc1OCc1cccc(Cl)c1. The highest BCUT2D eigenvalue weighted by molar-refractivity contribution is 6.30. The van der Waals surface area contributed by atoms with E-state index in [1.807, 2.05) is 45.0 Å². The number of benzene rings is 1. The lowest BCUT2D eigenvalue weighted by Crippen LogP contribution is -2.08. The second-order valence-corrected chi connectivity index (χ2v) is 5.41. The second kappa shape index (κ2) is 6.09. The van der Waals surface area contributed by atoms with Crippen LogP contribution in [-0.2, 0) is 6.61 Å². The minimum atomic E-state index is 0.200. The van der Waals surface area contributed by atoms with Crippen LogP contribution < -0.4 is 10.5 Å². The average Bonchev–Trinajstić information content (AvgIpc) is 2.40. The first-order valence-corrected chi connectivity index (χ1v) is 6.86. The number of aromatic nitrogens is 2. The van der Waals surface area contributed by atoms with Crippen molar-refractivity contribution in [3.05, 3.63) is 46.2 Å². The van der Waals surface area contributed by atoms with E-state index in [1.165, 1.54) is 0 Å². The van der Waals surface area contributed by atoms with Gasteiger partial charge in [0.1, 0.15) is 18.2 Å². The first kappa shape index (κ1) is 14.6. The highest BCUT2D eigenvalue weighted by Gasteiger charge is 2.12. The molecule has 5 heteroatoms. The van der Waals surface area contributed by atoms with Gasteiger partial charge in [-0.3, -0.25) is 0 Å². The summed E-state index contributed by atoms with van der Waals surface area (Å²) in [6, 6.07) is 7.54. The third-order valence-corrected chi connectivity index (χ3v) is 3.17. The van der Waals surface area contributed by atoms with Gasteiger partial charge in [-0.2, -0.15) is 4.98 Å². The molecule has 2 rings (SSSR count). The van der Waals surface area contributed by atoms with Crippen molar-refractivity contribution in [2.75, 3.05) is 5.73 Å². The molecule has 2 aromatic rings. The molecule has 1 heterocycles. The van der Waals surface area contributed by atoms with Crippen LogP contribution >= 0.6 is 11.6 Å². The van der Waals surface area contributed by atoms with Gasteiger partial charge in [0.25, 0.3) is 0 Å². The Hall–Kier alpha value is -1.81. The molecule has 0 aliphatic rings. The van der Waals surface area contributed by atoms with Crippen molar-refractivity contribution in [2.24, 2.45) is 0 Å². The molecule has 0 unspecified atom stereocenters. The highest BCUT2D eigenvalue weighted by atomic mass is 35.5. The zero-order chi connectivity index (χ0) is 14.7. The summed E-state index contributed by atoms with van der Waals surface area (Å²) in [6.07, 6.45) is 0. The fourth-order valence-electron chi connectivity index (χ4n) is 1.71. The minimum Gasteiger partial charge on any atom is -0.472 e. The van der Waals surface area contributed by atoms with Gasteiger partial charge in [-0.25, -0.2) is 4.98 Å². The Morgan fingerprint density at radius 1 is 1.30 bits per heavy atom. The van der Waals surface area contributed by atoms with Crippen LogP contribution in [0.3, 0.4) is 0 Å².